The summed E-state index contributed by atoms with van der Waals surface area (Å²) in [7, 11) is 0. The molecule has 0 atom stereocenters. The normalized spacial score (nSPS) is 11.4. The highest BCUT2D eigenvalue weighted by Crippen LogP contribution is 2.32. The summed E-state index contributed by atoms with van der Waals surface area (Å²) in [5.41, 5.74) is 8.67. The van der Waals surface area contributed by atoms with Crippen LogP contribution in [0, 0.1) is 83.0 Å². The van der Waals surface area contributed by atoms with E-state index in [0.717, 1.165) is 77.2 Å². The Morgan fingerprint density at radius 3 is 1.58 bits per heavy atom. The highest BCUT2D eigenvalue weighted by Gasteiger charge is 2.36. The van der Waals surface area contributed by atoms with Gasteiger partial charge < -0.3 is 55.2 Å². The SMILES string of the molecule is CC(C)Cc1cc(-c2cc(=O)c(O)c[nH]2)no1.Cc1c[nH]c(CC(C)C)cc1=O.Cc1cc2c(cc1O)C(=O)N(CCC(C)C)C2=O.Cc1ccc(C(=O)CCCC(C)C)cc1C(=O)O.Cc1ccc(C(=O)NCCC(C)C)c(Cl)c1O.Cc1cn(O)c(-c2cc(CC(C)C)on2)cc1=O.Cc1cn(O)c(CC(C)C)cc1=O. The fraction of sp³-hybridized carbons (Fsp3) is 0.437. The van der Waals surface area contributed by atoms with Crippen molar-refractivity contribution >= 4 is 41.1 Å². The second-order valence-electron chi connectivity index (χ2n) is 31.3. The van der Waals surface area contributed by atoms with Crippen molar-refractivity contribution in [2.75, 3.05) is 13.1 Å². The maximum Gasteiger partial charge on any atom is 0.335 e. The number of aromatic carboxylic acids is 1. The number of fused-ring (bicyclic) bond motifs is 1. The van der Waals surface area contributed by atoms with Crippen LogP contribution in [0.15, 0.2) is 132 Å². The molecule has 6 aromatic heterocycles. The number of aryl methyl sites for hydroxylation is 6. The van der Waals surface area contributed by atoms with Crippen LogP contribution in [0.5, 0.6) is 17.2 Å². The first kappa shape index (κ1) is 94.3. The van der Waals surface area contributed by atoms with E-state index >= 15 is 0 Å². The summed E-state index contributed by atoms with van der Waals surface area (Å²) in [5.74, 6) is 3.02. The summed E-state index contributed by atoms with van der Waals surface area (Å²) in [6, 6.07) is 20.5. The predicted molar refractivity (Wildman–Crippen MR) is 439 cm³/mol. The number of halogens is 1. The number of hydrogen-bond acceptors (Lipinski definition) is 18. The van der Waals surface area contributed by atoms with Gasteiger partial charge in [0.25, 0.3) is 17.7 Å². The zero-order valence-corrected chi connectivity index (χ0v) is 69.7. The molecule has 1 aliphatic rings. The Balaban J connectivity index is 0.000000279. The lowest BCUT2D eigenvalue weighted by Crippen LogP contribution is -2.31. The third-order valence-corrected chi connectivity index (χ3v) is 17.8. The number of nitrogens with zero attached hydrogens (tertiary/aromatic N) is 5. The number of rotatable bonds is 23. The number of pyridine rings is 4. The van der Waals surface area contributed by atoms with Crippen molar-refractivity contribution in [1.29, 1.82) is 0 Å². The number of ketones is 1. The maximum atomic E-state index is 12.1. The summed E-state index contributed by atoms with van der Waals surface area (Å²) in [6.07, 6.45) is 13.1. The van der Waals surface area contributed by atoms with Crippen LogP contribution in [0.3, 0.4) is 0 Å². The van der Waals surface area contributed by atoms with Gasteiger partial charge in [0.05, 0.1) is 51.1 Å². The monoisotopic (exact) mass is 1580 g/mol. The smallest absolute Gasteiger partial charge is 0.335 e. The summed E-state index contributed by atoms with van der Waals surface area (Å²) in [6.45, 7) is 40.6. The van der Waals surface area contributed by atoms with Crippen molar-refractivity contribution < 1.29 is 63.9 Å². The summed E-state index contributed by atoms with van der Waals surface area (Å²) in [4.78, 5) is 111. The molecule has 9 N–H and O–H groups in total. The van der Waals surface area contributed by atoms with E-state index in [1.54, 1.807) is 89.3 Å². The molecule has 10 rings (SSSR count). The van der Waals surface area contributed by atoms with Gasteiger partial charge >= 0.3 is 5.97 Å². The molecule has 0 aliphatic carbocycles. The molecule has 0 saturated heterocycles. The average molecular weight is 1580 g/mol. The minimum atomic E-state index is -0.982. The van der Waals surface area contributed by atoms with Crippen molar-refractivity contribution in [2.24, 2.45) is 41.4 Å². The van der Waals surface area contributed by atoms with Crippen molar-refractivity contribution in [1.82, 2.24) is 40.0 Å². The fourth-order valence-corrected chi connectivity index (χ4v) is 11.2. The molecule has 113 heavy (non-hydrogen) atoms. The Kier molecular flexibility index (Phi) is 37.4. The fourth-order valence-electron chi connectivity index (χ4n) is 10.9. The van der Waals surface area contributed by atoms with Crippen LogP contribution in [-0.2, 0) is 25.7 Å². The lowest BCUT2D eigenvalue weighted by molar-refractivity contribution is 0.0643. The van der Waals surface area contributed by atoms with E-state index < -0.39 is 11.4 Å². The highest BCUT2D eigenvalue weighted by molar-refractivity contribution is 6.35. The van der Waals surface area contributed by atoms with Crippen molar-refractivity contribution in [3.8, 4) is 40.0 Å². The second kappa shape index (κ2) is 44.8. The third-order valence-electron chi connectivity index (χ3n) is 17.5. The number of benzene rings is 3. The van der Waals surface area contributed by atoms with Gasteiger partial charge in [0, 0.05) is 109 Å². The van der Waals surface area contributed by atoms with E-state index in [1.165, 1.54) is 53.8 Å². The van der Waals surface area contributed by atoms with Gasteiger partial charge in [-0.05, 0) is 156 Å². The van der Waals surface area contributed by atoms with Gasteiger partial charge in [0.2, 0.25) is 5.43 Å². The number of H-pyrrole nitrogens is 2. The Bertz CT molecular complexity index is 4890. The summed E-state index contributed by atoms with van der Waals surface area (Å²) >= 11 is 5.92. The molecular weight excluding hydrogens is 1460 g/mol. The van der Waals surface area contributed by atoms with Crippen molar-refractivity contribution in [3.05, 3.63) is 234 Å². The molecule has 1 aliphatic heterocycles. The number of carbonyl (C=O) groups excluding carboxylic acids is 4. The largest absolute Gasteiger partial charge is 0.508 e. The van der Waals surface area contributed by atoms with Crippen LogP contribution in [0.2, 0.25) is 5.02 Å². The number of imide groups is 1. The predicted octanol–water partition coefficient (Wildman–Crippen LogP) is 16.8. The number of phenols is 2. The lowest BCUT2D eigenvalue weighted by Gasteiger charge is -2.14. The lowest BCUT2D eigenvalue weighted by atomic mass is 9.98. The van der Waals surface area contributed by atoms with Gasteiger partial charge in [-0.15, -0.1) is 0 Å². The van der Waals surface area contributed by atoms with E-state index in [4.69, 9.17) is 30.9 Å². The Labute approximate surface area is 666 Å². The van der Waals surface area contributed by atoms with Crippen LogP contribution in [0.1, 0.15) is 237 Å². The minimum absolute atomic E-state index is 0.0130. The standard InChI is InChI=1S/C15H20O3.C14H17NO3.C13H18ClNO2.C13H16N2O3.C12H14N2O3.C10H15NO2.C10H15NO/c1-10(2)5-4-6-14(16)12-8-7-11(3)13(9-12)15(17)18;1-8(2)4-5-15-13(17)10-6-9(3)12(16)7-11(10)14(15)18;1-8(2)6-7-15-13(17)10-5-4-9(3)12(16)11(10)14;1-8(2)4-10-5-11(14-18-10)12-6-13(16)9(3)7-15(12)17;1-7(2)3-8-4-10(14-17-8)9-5-11(15)12(16)6-13-9;1-7(2)4-9-5-10(12)8(3)6-11(9)13;1-7(2)4-9-5-10(12)8(3)6-11-9/h7-10H,4-6H2,1-3H3,(H,17,18);6-8,16H,4-5H2,1-3H3;4-5,8,16H,6-7H2,1-3H3,(H,15,17);5-8,17H,4H2,1-3H3;4-7,16H,3H2,1-2H3,(H,13,15);5-7,13H,4H2,1-3H3;5-7H,4H2,1-3H3,(H,11,12). The van der Waals surface area contributed by atoms with E-state index in [9.17, 15) is 63.8 Å². The highest BCUT2D eigenvalue weighted by atomic mass is 35.5. The van der Waals surface area contributed by atoms with Crippen LogP contribution in [0.4, 0.5) is 0 Å². The van der Waals surface area contributed by atoms with Crippen molar-refractivity contribution in [2.45, 2.75) is 196 Å². The minimum Gasteiger partial charge on any atom is -0.508 e. The average Bonchev–Trinajstić information content (AvgIpc) is 1.62. The summed E-state index contributed by atoms with van der Waals surface area (Å²) < 4.78 is 12.3. The molecule has 3 aromatic carbocycles. The van der Waals surface area contributed by atoms with Gasteiger partial charge in [0.15, 0.2) is 27.8 Å². The number of carboxylic acid groups (broad SMARTS) is 1. The number of amides is 3. The molecule has 0 spiro atoms. The molecule has 0 fully saturated rings. The molecule has 25 nitrogen and oxygen atoms in total. The van der Waals surface area contributed by atoms with E-state index in [0.29, 0.717) is 146 Å². The first-order valence-corrected chi connectivity index (χ1v) is 38.5. The number of carboxylic acids is 1. The molecule has 26 heteroatoms. The van der Waals surface area contributed by atoms with Gasteiger partial charge in [-0.1, -0.05) is 143 Å². The van der Waals surface area contributed by atoms with Gasteiger partial charge in [0.1, 0.15) is 40.1 Å². The first-order valence-electron chi connectivity index (χ1n) is 38.1. The van der Waals surface area contributed by atoms with E-state index in [-0.39, 0.29) is 67.6 Å². The number of aromatic amines is 2. The Morgan fingerprint density at radius 1 is 0.504 bits per heavy atom. The number of Topliss-reactive ketones (excluding diaryl/α,β-unsaturated/α-hetero) is 1. The van der Waals surface area contributed by atoms with Gasteiger partial charge in [-0.3, -0.25) is 43.3 Å². The molecule has 0 bridgehead atoms. The number of phenolic OH excluding ortho intramolecular Hbond substituents is 2. The van der Waals surface area contributed by atoms with E-state index in [2.05, 4.69) is 94.8 Å². The number of nitrogens with one attached hydrogen (secondary N) is 3. The quantitative estimate of drug-likeness (QED) is 0.0163. The van der Waals surface area contributed by atoms with Crippen LogP contribution < -0.4 is 27.0 Å². The number of aromatic nitrogens is 6. The molecule has 0 saturated carbocycles. The number of hydrogen-bond donors (Lipinski definition) is 9. The second-order valence-corrected chi connectivity index (χ2v) is 31.6. The number of aromatic hydroxyl groups is 3. The first-order chi connectivity index (χ1) is 52.9. The molecule has 0 radical (unpaired) electrons. The van der Waals surface area contributed by atoms with Crippen LogP contribution >= 0.6 is 11.6 Å². The Hall–Kier alpha value is -11.1. The summed E-state index contributed by atoms with van der Waals surface area (Å²) in [5, 5.41) is 67.2. The molecular formula is C87H115ClN8O17. The zero-order chi connectivity index (χ0) is 85.0. The molecule has 0 unspecified atom stereocenters. The Morgan fingerprint density at radius 2 is 1.04 bits per heavy atom. The molecule has 3 amide bonds. The molecule has 612 valence electrons. The van der Waals surface area contributed by atoms with E-state index in [1.807, 2.05) is 34.6 Å². The van der Waals surface area contributed by atoms with Crippen LogP contribution in [-0.4, -0.2) is 108 Å². The topological polar surface area (TPSA) is 384 Å². The number of carbonyl (C=O) groups is 5. The third kappa shape index (κ3) is 30.5. The zero-order valence-electron chi connectivity index (χ0n) is 68.9. The van der Waals surface area contributed by atoms with Gasteiger partial charge in [-0.25, -0.2) is 4.79 Å². The van der Waals surface area contributed by atoms with Gasteiger partial charge in [-0.2, -0.15) is 9.46 Å². The van der Waals surface area contributed by atoms with Crippen molar-refractivity contribution in [3.63, 3.8) is 0 Å². The van der Waals surface area contributed by atoms with Crippen LogP contribution in [0.25, 0.3) is 22.8 Å². The maximum absolute atomic E-state index is 12.1. The molecule has 7 heterocycles. The molecule has 9 aromatic rings.